The summed E-state index contributed by atoms with van der Waals surface area (Å²) in [4.78, 5) is 2.39. The molecule has 0 amide bonds. The number of ether oxygens (including phenoxy) is 1. The molecule has 2 atom stereocenters. The summed E-state index contributed by atoms with van der Waals surface area (Å²) in [6, 6.07) is 16.4. The first-order chi connectivity index (χ1) is 9.72. The Balaban J connectivity index is 1.49. The highest BCUT2D eigenvalue weighted by molar-refractivity contribution is 9.10. The van der Waals surface area contributed by atoms with Gasteiger partial charge < -0.3 is 4.74 Å². The maximum atomic E-state index is 5.93. The van der Waals surface area contributed by atoms with Crippen molar-refractivity contribution in [1.29, 1.82) is 0 Å². The number of benzene rings is 2. The van der Waals surface area contributed by atoms with Crippen LogP contribution in [0.15, 0.2) is 53.0 Å². The van der Waals surface area contributed by atoms with Crippen LogP contribution < -0.4 is 4.74 Å². The molecule has 4 heteroatoms. The minimum atomic E-state index is 0.501. The molecule has 0 aromatic heterocycles. The van der Waals surface area contributed by atoms with E-state index in [4.69, 9.17) is 16.3 Å². The van der Waals surface area contributed by atoms with Crippen LogP contribution in [0.2, 0.25) is 5.02 Å². The van der Waals surface area contributed by atoms with Crippen LogP contribution in [0.1, 0.15) is 5.56 Å². The maximum Gasteiger partial charge on any atom is 0.120 e. The molecule has 2 aromatic rings. The first kappa shape index (κ1) is 13.9. The van der Waals surface area contributed by atoms with Crippen molar-refractivity contribution in [2.75, 3.05) is 13.2 Å². The summed E-state index contributed by atoms with van der Waals surface area (Å²) < 4.78 is 6.94. The second-order valence-corrected chi connectivity index (χ2v) is 6.23. The SMILES string of the molecule is Clc1cccc(OCC2CN2Cc2ccccc2Br)c1. The molecule has 0 spiro atoms. The number of rotatable bonds is 5. The third kappa shape index (κ3) is 3.54. The number of nitrogens with zero attached hydrogens (tertiary/aromatic N) is 1. The summed E-state index contributed by atoms with van der Waals surface area (Å²) in [5.41, 5.74) is 1.32. The van der Waals surface area contributed by atoms with Crippen LogP contribution in [-0.2, 0) is 6.54 Å². The van der Waals surface area contributed by atoms with Crippen LogP contribution in [0.5, 0.6) is 5.75 Å². The Morgan fingerprint density at radius 1 is 1.20 bits per heavy atom. The maximum absolute atomic E-state index is 5.93. The Kier molecular flexibility index (Phi) is 4.29. The van der Waals surface area contributed by atoms with Crippen molar-refractivity contribution in [2.45, 2.75) is 12.6 Å². The molecule has 20 heavy (non-hydrogen) atoms. The van der Waals surface area contributed by atoms with Gasteiger partial charge in [-0.1, -0.05) is 51.8 Å². The summed E-state index contributed by atoms with van der Waals surface area (Å²) in [6.45, 7) is 2.76. The second kappa shape index (κ2) is 6.17. The van der Waals surface area contributed by atoms with Crippen molar-refractivity contribution >= 4 is 27.5 Å². The number of halogens is 2. The minimum Gasteiger partial charge on any atom is -0.492 e. The second-order valence-electron chi connectivity index (χ2n) is 4.94. The van der Waals surface area contributed by atoms with Gasteiger partial charge in [0, 0.05) is 22.6 Å². The fraction of sp³-hybridized carbons (Fsp3) is 0.250. The number of hydrogen-bond acceptors (Lipinski definition) is 2. The van der Waals surface area contributed by atoms with E-state index in [1.807, 2.05) is 30.3 Å². The Hall–Kier alpha value is -1.03. The van der Waals surface area contributed by atoms with Crippen LogP contribution in [-0.4, -0.2) is 24.1 Å². The lowest BCUT2D eigenvalue weighted by Gasteiger charge is -2.08. The first-order valence-electron chi connectivity index (χ1n) is 6.58. The molecule has 1 fully saturated rings. The lowest BCUT2D eigenvalue weighted by Crippen LogP contribution is -2.11. The normalized spacial score (nSPS) is 20.7. The van der Waals surface area contributed by atoms with Crippen molar-refractivity contribution in [2.24, 2.45) is 0 Å². The zero-order chi connectivity index (χ0) is 13.9. The predicted octanol–water partition coefficient (Wildman–Crippen LogP) is 4.37. The van der Waals surface area contributed by atoms with Crippen molar-refractivity contribution in [1.82, 2.24) is 4.90 Å². The van der Waals surface area contributed by atoms with Gasteiger partial charge in [0.25, 0.3) is 0 Å². The number of hydrogen-bond donors (Lipinski definition) is 0. The van der Waals surface area contributed by atoms with E-state index in [0.29, 0.717) is 17.7 Å². The molecule has 0 aliphatic carbocycles. The molecule has 2 unspecified atom stereocenters. The predicted molar refractivity (Wildman–Crippen MR) is 85.3 cm³/mol. The molecule has 104 valence electrons. The Labute approximate surface area is 132 Å². The Bertz CT molecular complexity index is 605. The molecule has 0 radical (unpaired) electrons. The van der Waals surface area contributed by atoms with Gasteiger partial charge in [-0.3, -0.25) is 4.90 Å². The summed E-state index contributed by atoms with van der Waals surface area (Å²) in [5, 5.41) is 0.711. The molecule has 0 N–H and O–H groups in total. The van der Waals surface area contributed by atoms with Gasteiger partial charge in [-0.05, 0) is 29.8 Å². The summed E-state index contributed by atoms with van der Waals surface area (Å²) >= 11 is 9.52. The monoisotopic (exact) mass is 351 g/mol. The van der Waals surface area contributed by atoms with Gasteiger partial charge in [0.15, 0.2) is 0 Å². The summed E-state index contributed by atoms with van der Waals surface area (Å²) in [5.74, 6) is 0.838. The molecule has 1 aliphatic rings. The van der Waals surface area contributed by atoms with Crippen molar-refractivity contribution in [3.05, 3.63) is 63.6 Å². The molecule has 3 rings (SSSR count). The smallest absolute Gasteiger partial charge is 0.120 e. The topological polar surface area (TPSA) is 12.2 Å². The zero-order valence-electron chi connectivity index (χ0n) is 10.9. The third-order valence-electron chi connectivity index (χ3n) is 3.40. The zero-order valence-corrected chi connectivity index (χ0v) is 13.3. The van der Waals surface area contributed by atoms with Gasteiger partial charge in [0.2, 0.25) is 0 Å². The lowest BCUT2D eigenvalue weighted by atomic mass is 10.2. The largest absolute Gasteiger partial charge is 0.492 e. The standard InChI is InChI=1S/C16H15BrClNO/c17-16-7-2-1-4-12(16)9-19-10-14(19)11-20-15-6-3-5-13(18)8-15/h1-8,14H,9-11H2. The molecule has 1 heterocycles. The highest BCUT2D eigenvalue weighted by Crippen LogP contribution is 2.26. The molecule has 0 bridgehead atoms. The van der Waals surface area contributed by atoms with E-state index in [9.17, 15) is 0 Å². The molecular weight excluding hydrogens is 338 g/mol. The minimum absolute atomic E-state index is 0.501. The highest BCUT2D eigenvalue weighted by Gasteiger charge is 2.34. The molecule has 1 saturated heterocycles. The van der Waals surface area contributed by atoms with Gasteiger partial charge in [0.1, 0.15) is 12.4 Å². The van der Waals surface area contributed by atoms with E-state index >= 15 is 0 Å². The van der Waals surface area contributed by atoms with Gasteiger partial charge in [-0.15, -0.1) is 0 Å². The third-order valence-corrected chi connectivity index (χ3v) is 4.41. The summed E-state index contributed by atoms with van der Waals surface area (Å²) in [7, 11) is 0. The van der Waals surface area contributed by atoms with Gasteiger partial charge in [-0.25, -0.2) is 0 Å². The van der Waals surface area contributed by atoms with E-state index in [1.54, 1.807) is 0 Å². The van der Waals surface area contributed by atoms with E-state index in [2.05, 4.69) is 39.0 Å². The van der Waals surface area contributed by atoms with E-state index < -0.39 is 0 Å². The van der Waals surface area contributed by atoms with E-state index in [0.717, 1.165) is 18.8 Å². The summed E-state index contributed by atoms with van der Waals surface area (Å²) in [6.07, 6.45) is 0. The van der Waals surface area contributed by atoms with E-state index in [1.165, 1.54) is 10.0 Å². The van der Waals surface area contributed by atoms with Crippen molar-refractivity contribution in [3.8, 4) is 5.75 Å². The average molecular weight is 353 g/mol. The van der Waals surface area contributed by atoms with Crippen molar-refractivity contribution < 1.29 is 4.74 Å². The molecule has 2 aromatic carbocycles. The van der Waals surface area contributed by atoms with Crippen LogP contribution >= 0.6 is 27.5 Å². The Morgan fingerprint density at radius 2 is 2.05 bits per heavy atom. The molecular formula is C16H15BrClNO. The van der Waals surface area contributed by atoms with Crippen LogP contribution in [0, 0.1) is 0 Å². The molecule has 0 saturated carbocycles. The van der Waals surface area contributed by atoms with Gasteiger partial charge in [-0.2, -0.15) is 0 Å². The van der Waals surface area contributed by atoms with Gasteiger partial charge >= 0.3 is 0 Å². The molecule has 1 aliphatic heterocycles. The van der Waals surface area contributed by atoms with Crippen molar-refractivity contribution in [3.63, 3.8) is 0 Å². The van der Waals surface area contributed by atoms with Gasteiger partial charge in [0.05, 0.1) is 6.04 Å². The lowest BCUT2D eigenvalue weighted by molar-refractivity contribution is 0.293. The average Bonchev–Trinajstić information content (AvgIpc) is 3.18. The fourth-order valence-electron chi connectivity index (χ4n) is 2.17. The first-order valence-corrected chi connectivity index (χ1v) is 7.75. The van der Waals surface area contributed by atoms with Crippen LogP contribution in [0.4, 0.5) is 0 Å². The Morgan fingerprint density at radius 3 is 2.85 bits per heavy atom. The fourth-order valence-corrected chi connectivity index (χ4v) is 2.76. The van der Waals surface area contributed by atoms with Crippen LogP contribution in [0.3, 0.4) is 0 Å². The quantitative estimate of drug-likeness (QED) is 0.741. The highest BCUT2D eigenvalue weighted by atomic mass is 79.9. The van der Waals surface area contributed by atoms with E-state index in [-0.39, 0.29) is 0 Å². The van der Waals surface area contributed by atoms with Crippen LogP contribution in [0.25, 0.3) is 0 Å². The molecule has 2 nitrogen and oxygen atoms in total.